The lowest BCUT2D eigenvalue weighted by atomic mass is 9.70. The molecule has 1 heterocycles. The number of hydrogen-bond acceptors (Lipinski definition) is 4. The van der Waals surface area contributed by atoms with Crippen molar-refractivity contribution in [2.45, 2.75) is 51.6 Å². The van der Waals surface area contributed by atoms with Gasteiger partial charge in [0, 0.05) is 29.3 Å². The number of allylic oxidation sites excluding steroid dienone is 2. The molecule has 0 aromatic heterocycles. The molecule has 0 amide bonds. The highest BCUT2D eigenvalue weighted by molar-refractivity contribution is 6.08. The molecule has 1 aromatic rings. The van der Waals surface area contributed by atoms with Gasteiger partial charge in [-0.15, -0.1) is 0 Å². The Morgan fingerprint density at radius 3 is 2.64 bits per heavy atom. The normalized spacial score (nSPS) is 22.6. The summed E-state index contributed by atoms with van der Waals surface area (Å²) in [6.45, 7) is 3.61. The number of aliphatic imine (C=N–C) groups is 1. The van der Waals surface area contributed by atoms with Gasteiger partial charge >= 0.3 is 12.1 Å². The molecule has 0 spiro atoms. The molecule has 1 unspecified atom stereocenters. The van der Waals surface area contributed by atoms with Crippen molar-refractivity contribution in [1.82, 2.24) is 0 Å². The number of esters is 1. The molecule has 150 valence electrons. The van der Waals surface area contributed by atoms with Crippen LogP contribution >= 0.6 is 0 Å². The SMILES string of the molecule is CCCOC(=O)C1C(C)=NC2=C(C(=O)CCC2)[C@H]1c1ccccc1C(F)(F)F. The van der Waals surface area contributed by atoms with Gasteiger partial charge < -0.3 is 4.74 Å². The van der Waals surface area contributed by atoms with Crippen LogP contribution in [0.5, 0.6) is 0 Å². The summed E-state index contributed by atoms with van der Waals surface area (Å²) in [4.78, 5) is 29.9. The Morgan fingerprint density at radius 1 is 1.25 bits per heavy atom. The standard InChI is InChI=1S/C21H22F3NO3/c1-3-11-28-20(27)17-12(2)25-15-9-6-10-16(26)19(15)18(17)13-7-4-5-8-14(13)21(22,23)24/h4-5,7-8,17-18H,3,6,9-11H2,1-2H3/t17?,18-/m0/s1. The van der Waals surface area contributed by atoms with E-state index in [0.29, 0.717) is 30.7 Å². The monoisotopic (exact) mass is 393 g/mol. The number of Topliss-reactive ketones (excluding diaryl/α,β-unsaturated/α-hetero) is 1. The number of carbonyl (C=O) groups is 2. The van der Waals surface area contributed by atoms with E-state index < -0.39 is 29.5 Å². The first-order chi connectivity index (χ1) is 13.3. The van der Waals surface area contributed by atoms with Crippen molar-refractivity contribution >= 4 is 17.5 Å². The Kier molecular flexibility index (Phi) is 5.72. The minimum atomic E-state index is -4.60. The van der Waals surface area contributed by atoms with E-state index in [-0.39, 0.29) is 29.9 Å². The lowest BCUT2D eigenvalue weighted by Crippen LogP contribution is -2.38. The highest BCUT2D eigenvalue weighted by atomic mass is 19.4. The van der Waals surface area contributed by atoms with Crippen LogP contribution in [0.15, 0.2) is 40.5 Å². The third-order valence-electron chi connectivity index (χ3n) is 5.14. The summed E-state index contributed by atoms with van der Waals surface area (Å²) in [5.74, 6) is -2.97. The van der Waals surface area contributed by atoms with Crippen LogP contribution in [-0.4, -0.2) is 24.1 Å². The Bertz CT molecular complexity index is 855. The molecule has 0 N–H and O–H groups in total. The largest absolute Gasteiger partial charge is 0.465 e. The zero-order valence-corrected chi connectivity index (χ0v) is 15.8. The first-order valence-corrected chi connectivity index (χ1v) is 9.39. The van der Waals surface area contributed by atoms with Crippen molar-refractivity contribution in [1.29, 1.82) is 0 Å². The van der Waals surface area contributed by atoms with Gasteiger partial charge in [-0.1, -0.05) is 25.1 Å². The molecule has 1 aliphatic heterocycles. The zero-order valence-electron chi connectivity index (χ0n) is 15.8. The van der Waals surface area contributed by atoms with Crippen LogP contribution in [0.4, 0.5) is 13.2 Å². The van der Waals surface area contributed by atoms with Gasteiger partial charge in [-0.25, -0.2) is 0 Å². The molecule has 2 aliphatic rings. The third kappa shape index (κ3) is 3.75. The second-order valence-corrected chi connectivity index (χ2v) is 7.10. The summed E-state index contributed by atoms with van der Waals surface area (Å²) >= 11 is 0. The van der Waals surface area contributed by atoms with Gasteiger partial charge in [0.1, 0.15) is 5.92 Å². The Labute approximate surface area is 161 Å². The smallest absolute Gasteiger partial charge is 0.416 e. The fourth-order valence-electron chi connectivity index (χ4n) is 3.97. The van der Waals surface area contributed by atoms with E-state index in [9.17, 15) is 22.8 Å². The fourth-order valence-corrected chi connectivity index (χ4v) is 3.97. The molecule has 2 atom stereocenters. The van der Waals surface area contributed by atoms with E-state index in [1.165, 1.54) is 18.2 Å². The average molecular weight is 393 g/mol. The Hall–Kier alpha value is -2.44. The van der Waals surface area contributed by atoms with Crippen molar-refractivity contribution in [2.24, 2.45) is 10.9 Å². The lowest BCUT2D eigenvalue weighted by Gasteiger charge is -2.35. The summed E-state index contributed by atoms with van der Waals surface area (Å²) < 4.78 is 46.4. The molecule has 7 heteroatoms. The second kappa shape index (κ2) is 7.89. The molecule has 0 saturated heterocycles. The Morgan fingerprint density at radius 2 is 1.96 bits per heavy atom. The quantitative estimate of drug-likeness (QED) is 0.688. The van der Waals surface area contributed by atoms with Crippen molar-refractivity contribution in [3.63, 3.8) is 0 Å². The van der Waals surface area contributed by atoms with Crippen LogP contribution in [0.1, 0.15) is 56.6 Å². The van der Waals surface area contributed by atoms with Crippen LogP contribution in [-0.2, 0) is 20.5 Å². The van der Waals surface area contributed by atoms with Crippen LogP contribution in [0.2, 0.25) is 0 Å². The molecular formula is C21H22F3NO3. The summed E-state index contributed by atoms with van der Waals surface area (Å²) in [5.41, 5.74) is 0.192. The van der Waals surface area contributed by atoms with Gasteiger partial charge in [-0.3, -0.25) is 14.6 Å². The molecule has 0 saturated carbocycles. The number of carbonyl (C=O) groups excluding carboxylic acids is 2. The Balaban J connectivity index is 2.20. The molecule has 4 nitrogen and oxygen atoms in total. The van der Waals surface area contributed by atoms with Crippen molar-refractivity contribution in [3.05, 3.63) is 46.7 Å². The van der Waals surface area contributed by atoms with Crippen molar-refractivity contribution in [3.8, 4) is 0 Å². The average Bonchev–Trinajstić information content (AvgIpc) is 2.64. The minimum absolute atomic E-state index is 0.0783. The topological polar surface area (TPSA) is 55.7 Å². The number of benzene rings is 1. The van der Waals surface area contributed by atoms with E-state index in [1.807, 2.05) is 6.92 Å². The number of alkyl halides is 3. The number of nitrogens with zero attached hydrogens (tertiary/aromatic N) is 1. The van der Waals surface area contributed by atoms with E-state index in [4.69, 9.17) is 4.74 Å². The van der Waals surface area contributed by atoms with Crippen LogP contribution in [0, 0.1) is 5.92 Å². The van der Waals surface area contributed by atoms with E-state index in [2.05, 4.69) is 4.99 Å². The number of ketones is 1. The highest BCUT2D eigenvalue weighted by Crippen LogP contribution is 2.47. The van der Waals surface area contributed by atoms with Crippen molar-refractivity contribution in [2.75, 3.05) is 6.61 Å². The number of rotatable bonds is 4. The zero-order chi connectivity index (χ0) is 20.5. The summed E-state index contributed by atoms with van der Waals surface area (Å²) in [5, 5.41) is 0. The van der Waals surface area contributed by atoms with Crippen molar-refractivity contribution < 1.29 is 27.5 Å². The summed E-state index contributed by atoms with van der Waals surface area (Å²) in [6.07, 6.45) is -2.65. The van der Waals surface area contributed by atoms with Gasteiger partial charge in [0.15, 0.2) is 5.78 Å². The lowest BCUT2D eigenvalue weighted by molar-refractivity contribution is -0.147. The predicted molar refractivity (Wildman–Crippen MR) is 97.9 cm³/mol. The third-order valence-corrected chi connectivity index (χ3v) is 5.14. The summed E-state index contributed by atoms with van der Waals surface area (Å²) in [7, 11) is 0. The minimum Gasteiger partial charge on any atom is -0.465 e. The number of halogens is 3. The maximum absolute atomic E-state index is 13.7. The maximum atomic E-state index is 13.7. The number of hydrogen-bond donors (Lipinski definition) is 0. The van der Waals surface area contributed by atoms with E-state index in [0.717, 1.165) is 6.07 Å². The van der Waals surface area contributed by atoms with E-state index in [1.54, 1.807) is 6.92 Å². The molecule has 0 radical (unpaired) electrons. The molecule has 28 heavy (non-hydrogen) atoms. The molecule has 3 rings (SSSR count). The van der Waals surface area contributed by atoms with Gasteiger partial charge in [0.2, 0.25) is 0 Å². The number of ether oxygens (including phenoxy) is 1. The van der Waals surface area contributed by atoms with Crippen LogP contribution in [0.25, 0.3) is 0 Å². The molecule has 0 fully saturated rings. The van der Waals surface area contributed by atoms with Gasteiger partial charge in [0.25, 0.3) is 0 Å². The van der Waals surface area contributed by atoms with Gasteiger partial charge in [-0.05, 0) is 37.8 Å². The highest BCUT2D eigenvalue weighted by Gasteiger charge is 2.46. The fraction of sp³-hybridized carbons (Fsp3) is 0.476. The molecule has 1 aliphatic carbocycles. The summed E-state index contributed by atoms with van der Waals surface area (Å²) in [6, 6.07) is 5.13. The molecule has 0 bridgehead atoms. The van der Waals surface area contributed by atoms with E-state index >= 15 is 0 Å². The second-order valence-electron chi connectivity index (χ2n) is 7.10. The maximum Gasteiger partial charge on any atom is 0.416 e. The molecular weight excluding hydrogens is 371 g/mol. The predicted octanol–water partition coefficient (Wildman–Crippen LogP) is 4.84. The van der Waals surface area contributed by atoms with Gasteiger partial charge in [0.05, 0.1) is 12.2 Å². The van der Waals surface area contributed by atoms with Crippen LogP contribution in [0.3, 0.4) is 0 Å². The first-order valence-electron chi connectivity index (χ1n) is 9.39. The first kappa shape index (κ1) is 20.3. The molecule has 1 aromatic carbocycles. The van der Waals surface area contributed by atoms with Gasteiger partial charge in [-0.2, -0.15) is 13.2 Å². The van der Waals surface area contributed by atoms with Crippen LogP contribution < -0.4 is 0 Å².